The monoisotopic (exact) mass is 316 g/mol. The number of thioether (sulfide) groups is 1. The third kappa shape index (κ3) is 3.49. The summed E-state index contributed by atoms with van der Waals surface area (Å²) in [6.45, 7) is 2.08. The second kappa shape index (κ2) is 6.83. The lowest BCUT2D eigenvalue weighted by atomic mass is 10.1. The highest BCUT2D eigenvalue weighted by atomic mass is 35.5. The topological polar surface area (TPSA) is 38.4 Å². The van der Waals surface area contributed by atoms with E-state index < -0.39 is 0 Å². The number of nitrogens with zero attached hydrogens (tertiary/aromatic N) is 1. The normalized spacial score (nSPS) is 17.5. The van der Waals surface area contributed by atoms with E-state index in [1.165, 1.54) is 11.1 Å². The second-order valence-electron chi connectivity index (χ2n) is 4.82. The lowest BCUT2D eigenvalue weighted by molar-refractivity contribution is 1.03. The Morgan fingerprint density at radius 3 is 2.33 bits per heavy atom. The van der Waals surface area contributed by atoms with Gasteiger partial charge in [-0.15, -0.1) is 12.4 Å². The fraction of sp³-hybridized carbons (Fsp3) is 0.118. The summed E-state index contributed by atoms with van der Waals surface area (Å²) in [4.78, 5) is 4.82. The van der Waals surface area contributed by atoms with Crippen LogP contribution in [0.5, 0.6) is 0 Å². The molecule has 1 atom stereocenters. The summed E-state index contributed by atoms with van der Waals surface area (Å²) in [5.41, 5.74) is 11.2. The van der Waals surface area contributed by atoms with Gasteiger partial charge < -0.3 is 5.73 Å². The first-order valence-electron chi connectivity index (χ1n) is 6.55. The van der Waals surface area contributed by atoms with Crippen LogP contribution in [0.25, 0.3) is 0 Å². The molecule has 0 amide bonds. The quantitative estimate of drug-likeness (QED) is 0.888. The molecule has 1 aliphatic rings. The van der Waals surface area contributed by atoms with Gasteiger partial charge in [-0.2, -0.15) is 0 Å². The van der Waals surface area contributed by atoms with E-state index in [0.29, 0.717) is 0 Å². The molecule has 0 aromatic heterocycles. The minimum atomic E-state index is 0. The fourth-order valence-corrected chi connectivity index (χ4v) is 3.01. The van der Waals surface area contributed by atoms with Gasteiger partial charge in [0.1, 0.15) is 5.37 Å². The fourth-order valence-electron chi connectivity index (χ4n) is 2.14. The summed E-state index contributed by atoms with van der Waals surface area (Å²) in [7, 11) is 0. The van der Waals surface area contributed by atoms with Gasteiger partial charge >= 0.3 is 0 Å². The molecule has 0 saturated carbocycles. The number of hydrogen-bond donors (Lipinski definition) is 1. The van der Waals surface area contributed by atoms with E-state index in [4.69, 9.17) is 10.7 Å². The van der Waals surface area contributed by atoms with Crippen LogP contribution < -0.4 is 5.73 Å². The Kier molecular flexibility index (Phi) is 5.10. The SMILES string of the molecule is Cc1ccc(C2=NC(c3ccccc3)SC=C2N)cc1.Cl. The molecule has 1 heterocycles. The van der Waals surface area contributed by atoms with Crippen LogP contribution in [0.15, 0.2) is 70.7 Å². The van der Waals surface area contributed by atoms with Gasteiger partial charge in [0.2, 0.25) is 0 Å². The Morgan fingerprint density at radius 2 is 1.67 bits per heavy atom. The minimum absolute atomic E-state index is 0. The zero-order chi connectivity index (χ0) is 13.9. The van der Waals surface area contributed by atoms with E-state index in [-0.39, 0.29) is 17.8 Å². The van der Waals surface area contributed by atoms with Crippen molar-refractivity contribution in [2.45, 2.75) is 12.3 Å². The van der Waals surface area contributed by atoms with Gasteiger partial charge in [-0.05, 0) is 17.9 Å². The Morgan fingerprint density at radius 1 is 1.00 bits per heavy atom. The first-order chi connectivity index (χ1) is 9.74. The smallest absolute Gasteiger partial charge is 0.125 e. The lowest BCUT2D eigenvalue weighted by Gasteiger charge is -2.19. The molecule has 21 heavy (non-hydrogen) atoms. The average Bonchev–Trinajstić information content (AvgIpc) is 2.50. The minimum Gasteiger partial charge on any atom is -0.397 e. The number of hydrogen-bond acceptors (Lipinski definition) is 3. The number of nitrogens with two attached hydrogens (primary N) is 1. The third-order valence-electron chi connectivity index (χ3n) is 3.25. The van der Waals surface area contributed by atoms with Crippen LogP contribution in [-0.2, 0) is 0 Å². The molecule has 4 heteroatoms. The molecular weight excluding hydrogens is 300 g/mol. The molecule has 1 unspecified atom stereocenters. The van der Waals surface area contributed by atoms with E-state index in [1.54, 1.807) is 11.8 Å². The molecule has 0 fully saturated rings. The van der Waals surface area contributed by atoms with Crippen molar-refractivity contribution in [3.8, 4) is 0 Å². The van der Waals surface area contributed by atoms with Crippen molar-refractivity contribution in [2.24, 2.45) is 10.7 Å². The Bertz CT molecular complexity index is 663. The molecule has 3 rings (SSSR count). The first-order valence-corrected chi connectivity index (χ1v) is 7.49. The van der Waals surface area contributed by atoms with Gasteiger partial charge in [0.05, 0.1) is 11.4 Å². The van der Waals surface area contributed by atoms with E-state index in [2.05, 4.69) is 43.3 Å². The van der Waals surface area contributed by atoms with Crippen LogP contribution >= 0.6 is 24.2 Å². The van der Waals surface area contributed by atoms with Crippen molar-refractivity contribution in [1.29, 1.82) is 0 Å². The molecule has 0 spiro atoms. The predicted molar refractivity (Wildman–Crippen MR) is 94.0 cm³/mol. The van der Waals surface area contributed by atoms with Gasteiger partial charge in [-0.1, -0.05) is 71.9 Å². The number of benzene rings is 2. The van der Waals surface area contributed by atoms with Crippen molar-refractivity contribution in [2.75, 3.05) is 0 Å². The highest BCUT2D eigenvalue weighted by molar-refractivity contribution is 8.02. The molecule has 1 aliphatic heterocycles. The van der Waals surface area contributed by atoms with Crippen molar-refractivity contribution in [3.63, 3.8) is 0 Å². The number of rotatable bonds is 2. The van der Waals surface area contributed by atoms with Crippen molar-refractivity contribution in [1.82, 2.24) is 0 Å². The molecule has 2 nitrogen and oxygen atoms in total. The van der Waals surface area contributed by atoms with E-state index in [9.17, 15) is 0 Å². The van der Waals surface area contributed by atoms with Crippen LogP contribution in [0.1, 0.15) is 22.1 Å². The lowest BCUT2D eigenvalue weighted by Crippen LogP contribution is -2.16. The highest BCUT2D eigenvalue weighted by Crippen LogP contribution is 2.35. The van der Waals surface area contributed by atoms with Gasteiger partial charge in [0.25, 0.3) is 0 Å². The standard InChI is InChI=1S/C17H16N2S.ClH/c1-12-7-9-13(10-8-12)16-15(18)11-20-17(19-16)14-5-3-2-4-6-14;/h2-11,17H,18H2,1H3;1H. The number of aryl methyl sites for hydroxylation is 1. The maximum atomic E-state index is 6.10. The molecular formula is C17H17ClN2S. The molecule has 108 valence electrons. The predicted octanol–water partition coefficient (Wildman–Crippen LogP) is 4.45. The second-order valence-corrected chi connectivity index (χ2v) is 5.77. The highest BCUT2D eigenvalue weighted by Gasteiger charge is 2.18. The van der Waals surface area contributed by atoms with Crippen LogP contribution in [0, 0.1) is 6.92 Å². The molecule has 2 aromatic carbocycles. The Labute approximate surface area is 135 Å². The molecule has 0 bridgehead atoms. The van der Waals surface area contributed by atoms with Crippen molar-refractivity contribution < 1.29 is 0 Å². The third-order valence-corrected chi connectivity index (χ3v) is 4.28. The Hall–Kier alpha value is -1.71. The van der Waals surface area contributed by atoms with E-state index >= 15 is 0 Å². The maximum Gasteiger partial charge on any atom is 0.125 e. The number of halogens is 1. The largest absolute Gasteiger partial charge is 0.397 e. The maximum absolute atomic E-state index is 6.10. The van der Waals surface area contributed by atoms with Crippen molar-refractivity contribution in [3.05, 3.63) is 82.4 Å². The molecule has 0 aliphatic carbocycles. The van der Waals surface area contributed by atoms with Crippen LogP contribution in [0.3, 0.4) is 0 Å². The zero-order valence-electron chi connectivity index (χ0n) is 11.7. The van der Waals surface area contributed by atoms with E-state index in [0.717, 1.165) is 17.0 Å². The number of aliphatic imine (C=N–C) groups is 1. The zero-order valence-corrected chi connectivity index (χ0v) is 13.3. The Balaban J connectivity index is 0.00000161. The van der Waals surface area contributed by atoms with Gasteiger partial charge in [0, 0.05) is 5.56 Å². The van der Waals surface area contributed by atoms with Crippen LogP contribution in [0.2, 0.25) is 0 Å². The number of allylic oxidation sites excluding steroid dienone is 1. The van der Waals surface area contributed by atoms with Crippen molar-refractivity contribution >= 4 is 29.9 Å². The summed E-state index contributed by atoms with van der Waals surface area (Å²) < 4.78 is 0. The van der Waals surface area contributed by atoms with E-state index in [1.807, 2.05) is 23.6 Å². The van der Waals surface area contributed by atoms with Gasteiger partial charge in [-0.3, -0.25) is 4.99 Å². The average molecular weight is 317 g/mol. The molecule has 0 radical (unpaired) electrons. The van der Waals surface area contributed by atoms with Gasteiger partial charge in [0.15, 0.2) is 0 Å². The summed E-state index contributed by atoms with van der Waals surface area (Å²) in [5, 5.41) is 2.08. The summed E-state index contributed by atoms with van der Waals surface area (Å²) in [6.07, 6.45) is 0. The van der Waals surface area contributed by atoms with Crippen LogP contribution in [-0.4, -0.2) is 5.71 Å². The summed E-state index contributed by atoms with van der Waals surface area (Å²) in [6, 6.07) is 18.6. The molecule has 2 N–H and O–H groups in total. The molecule has 2 aromatic rings. The summed E-state index contributed by atoms with van der Waals surface area (Å²) >= 11 is 1.65. The molecule has 0 saturated heterocycles. The van der Waals surface area contributed by atoms with Crippen LogP contribution in [0.4, 0.5) is 0 Å². The van der Waals surface area contributed by atoms with Gasteiger partial charge in [-0.25, -0.2) is 0 Å². The summed E-state index contributed by atoms with van der Waals surface area (Å²) in [5.74, 6) is 0. The first kappa shape index (κ1) is 15.7.